The Balaban J connectivity index is 0.00000112. The lowest BCUT2D eigenvalue weighted by Gasteiger charge is -2.44. The zero-order valence-corrected chi connectivity index (χ0v) is 12.7. The van der Waals surface area contributed by atoms with Crippen molar-refractivity contribution in [2.45, 2.75) is 51.0 Å². The van der Waals surface area contributed by atoms with Gasteiger partial charge in [0.1, 0.15) is 0 Å². The van der Waals surface area contributed by atoms with Crippen molar-refractivity contribution < 1.29 is 28.5 Å². The zero-order valence-electron chi connectivity index (χ0n) is 10.5. The summed E-state index contributed by atoms with van der Waals surface area (Å²) in [7, 11) is 7.11. The number of nitrogens with zero attached hydrogens (tertiary/aromatic N) is 1. The number of halogens is 1. The van der Waals surface area contributed by atoms with Crippen molar-refractivity contribution in [1.29, 1.82) is 0 Å². The molecule has 90 valence electrons. The average molecular weight is 323 g/mol. The minimum absolute atomic E-state index is 0. The Labute approximate surface area is 112 Å². The van der Waals surface area contributed by atoms with Crippen molar-refractivity contribution >= 4 is 0 Å². The summed E-state index contributed by atoms with van der Waals surface area (Å²) >= 11 is 0. The highest BCUT2D eigenvalue weighted by Crippen LogP contribution is 2.42. The van der Waals surface area contributed by atoms with E-state index in [1.165, 1.54) is 49.4 Å². The highest BCUT2D eigenvalue weighted by Gasteiger charge is 2.37. The lowest BCUT2D eigenvalue weighted by Crippen LogP contribution is -3.00. The molecule has 0 spiro atoms. The SMILES string of the molecule is C[N+](C)(C)C1CCC2CCCCC2C1.[I-]. The summed E-state index contributed by atoms with van der Waals surface area (Å²) in [5, 5.41) is 0. The molecule has 0 aromatic heterocycles. The molecule has 3 unspecified atom stereocenters. The Morgan fingerprint density at radius 1 is 0.800 bits per heavy atom. The smallest absolute Gasteiger partial charge is 0.0887 e. The zero-order chi connectivity index (χ0) is 10.2. The summed E-state index contributed by atoms with van der Waals surface area (Å²) in [6.07, 6.45) is 10.6. The molecule has 0 bridgehead atoms. The Morgan fingerprint density at radius 3 is 2.00 bits per heavy atom. The topological polar surface area (TPSA) is 0 Å². The quantitative estimate of drug-likeness (QED) is 0.473. The molecule has 2 saturated carbocycles. The van der Waals surface area contributed by atoms with Crippen LogP contribution in [0.2, 0.25) is 0 Å². The van der Waals surface area contributed by atoms with Gasteiger partial charge in [0.05, 0.1) is 27.2 Å². The normalized spacial score (nSPS) is 36.6. The van der Waals surface area contributed by atoms with Gasteiger partial charge in [-0.25, -0.2) is 0 Å². The van der Waals surface area contributed by atoms with Gasteiger partial charge >= 0.3 is 0 Å². The third-order valence-electron chi connectivity index (χ3n) is 4.61. The monoisotopic (exact) mass is 323 g/mol. The molecule has 3 atom stereocenters. The molecular formula is C13H26IN. The molecule has 15 heavy (non-hydrogen) atoms. The number of fused-ring (bicyclic) bond motifs is 1. The molecule has 0 heterocycles. The Kier molecular flexibility index (Phi) is 4.90. The van der Waals surface area contributed by atoms with E-state index in [9.17, 15) is 0 Å². The summed E-state index contributed by atoms with van der Waals surface area (Å²) in [5.74, 6) is 2.19. The first-order chi connectivity index (χ1) is 6.57. The van der Waals surface area contributed by atoms with Gasteiger partial charge in [-0.05, 0) is 31.1 Å². The van der Waals surface area contributed by atoms with Crippen molar-refractivity contribution in [2.75, 3.05) is 21.1 Å². The van der Waals surface area contributed by atoms with Crippen molar-refractivity contribution in [3.05, 3.63) is 0 Å². The summed E-state index contributed by atoms with van der Waals surface area (Å²) in [6.45, 7) is 0. The maximum atomic E-state index is 2.37. The van der Waals surface area contributed by atoms with E-state index in [4.69, 9.17) is 0 Å². The van der Waals surface area contributed by atoms with Crippen LogP contribution in [0.4, 0.5) is 0 Å². The summed E-state index contributed by atoms with van der Waals surface area (Å²) in [6, 6.07) is 0.939. The third kappa shape index (κ3) is 3.32. The van der Waals surface area contributed by atoms with E-state index in [0.717, 1.165) is 17.9 Å². The fourth-order valence-electron chi connectivity index (χ4n) is 3.55. The molecule has 2 aliphatic carbocycles. The van der Waals surface area contributed by atoms with Crippen LogP contribution >= 0.6 is 0 Å². The Hall–Kier alpha value is 0.690. The van der Waals surface area contributed by atoms with Gasteiger partial charge < -0.3 is 28.5 Å². The van der Waals surface area contributed by atoms with Crippen molar-refractivity contribution in [3.8, 4) is 0 Å². The van der Waals surface area contributed by atoms with E-state index in [0.29, 0.717) is 0 Å². The molecule has 0 aromatic rings. The lowest BCUT2D eigenvalue weighted by molar-refractivity contribution is -0.898. The first kappa shape index (κ1) is 13.8. The van der Waals surface area contributed by atoms with Crippen molar-refractivity contribution in [2.24, 2.45) is 11.8 Å². The van der Waals surface area contributed by atoms with Crippen LogP contribution in [0.15, 0.2) is 0 Å². The van der Waals surface area contributed by atoms with Crippen LogP contribution in [0.3, 0.4) is 0 Å². The lowest BCUT2D eigenvalue weighted by atomic mass is 9.69. The van der Waals surface area contributed by atoms with Crippen LogP contribution in [-0.2, 0) is 0 Å². The van der Waals surface area contributed by atoms with Crippen molar-refractivity contribution in [1.82, 2.24) is 0 Å². The van der Waals surface area contributed by atoms with Crippen LogP contribution in [0.1, 0.15) is 44.9 Å². The third-order valence-corrected chi connectivity index (χ3v) is 4.61. The van der Waals surface area contributed by atoms with Gasteiger partial charge in [-0.15, -0.1) is 0 Å². The minimum atomic E-state index is 0. The highest BCUT2D eigenvalue weighted by molar-refractivity contribution is 4.83. The van der Waals surface area contributed by atoms with Crippen molar-refractivity contribution in [3.63, 3.8) is 0 Å². The largest absolute Gasteiger partial charge is 1.00 e. The fourth-order valence-corrected chi connectivity index (χ4v) is 3.55. The molecule has 2 heteroatoms. The van der Waals surface area contributed by atoms with E-state index >= 15 is 0 Å². The Morgan fingerprint density at radius 2 is 1.40 bits per heavy atom. The molecule has 1 nitrogen and oxygen atoms in total. The molecule has 0 amide bonds. The van der Waals surface area contributed by atoms with Crippen LogP contribution in [0, 0.1) is 11.8 Å². The van der Waals surface area contributed by atoms with Crippen LogP contribution in [-0.4, -0.2) is 31.7 Å². The molecular weight excluding hydrogens is 297 g/mol. The van der Waals surface area contributed by atoms with Gasteiger partial charge in [-0.3, -0.25) is 0 Å². The minimum Gasteiger partial charge on any atom is -1.00 e. The predicted octanol–water partition coefficient (Wildman–Crippen LogP) is 0.0555. The summed E-state index contributed by atoms with van der Waals surface area (Å²) in [5.41, 5.74) is 0. The van der Waals surface area contributed by atoms with E-state index in [1.54, 1.807) is 0 Å². The van der Waals surface area contributed by atoms with Crippen LogP contribution < -0.4 is 24.0 Å². The van der Waals surface area contributed by atoms with E-state index in [1.807, 2.05) is 0 Å². The second-order valence-corrected chi connectivity index (χ2v) is 6.39. The maximum absolute atomic E-state index is 2.37. The maximum Gasteiger partial charge on any atom is 0.0887 e. The molecule has 0 aliphatic heterocycles. The summed E-state index contributed by atoms with van der Waals surface area (Å²) < 4.78 is 1.18. The number of hydrogen-bond acceptors (Lipinski definition) is 0. The number of hydrogen-bond donors (Lipinski definition) is 0. The molecule has 2 rings (SSSR count). The van der Waals surface area contributed by atoms with Crippen LogP contribution in [0.5, 0.6) is 0 Å². The standard InChI is InChI=1S/C13H26N.HI/c1-14(2,3)13-9-8-11-6-4-5-7-12(11)10-13;/h11-13H,4-10H2,1-3H3;1H/q+1;/p-1. The Bertz CT molecular complexity index is 197. The summed E-state index contributed by atoms with van der Waals surface area (Å²) in [4.78, 5) is 0. The number of rotatable bonds is 1. The highest BCUT2D eigenvalue weighted by atomic mass is 127. The molecule has 2 fully saturated rings. The van der Waals surface area contributed by atoms with Gasteiger partial charge in [0.2, 0.25) is 0 Å². The van der Waals surface area contributed by atoms with Gasteiger partial charge in [-0.1, -0.05) is 19.3 Å². The fraction of sp³-hybridized carbons (Fsp3) is 1.00. The first-order valence-electron chi connectivity index (χ1n) is 6.38. The van der Waals surface area contributed by atoms with Gasteiger partial charge in [0.15, 0.2) is 0 Å². The van der Waals surface area contributed by atoms with Gasteiger partial charge in [0, 0.05) is 6.42 Å². The van der Waals surface area contributed by atoms with Gasteiger partial charge in [0.25, 0.3) is 0 Å². The molecule has 0 N–H and O–H groups in total. The molecule has 0 aromatic carbocycles. The van der Waals surface area contributed by atoms with Crippen LogP contribution in [0.25, 0.3) is 0 Å². The number of quaternary nitrogens is 1. The second-order valence-electron chi connectivity index (χ2n) is 6.39. The average Bonchev–Trinajstić information content (AvgIpc) is 2.16. The van der Waals surface area contributed by atoms with E-state index < -0.39 is 0 Å². The van der Waals surface area contributed by atoms with Gasteiger partial charge in [-0.2, -0.15) is 0 Å². The first-order valence-corrected chi connectivity index (χ1v) is 6.38. The molecule has 0 saturated heterocycles. The van der Waals surface area contributed by atoms with E-state index in [2.05, 4.69) is 21.1 Å². The second kappa shape index (κ2) is 5.35. The van der Waals surface area contributed by atoms with E-state index in [-0.39, 0.29) is 24.0 Å². The molecule has 0 radical (unpaired) electrons. The predicted molar refractivity (Wildman–Crippen MR) is 61.1 cm³/mol. The molecule has 2 aliphatic rings.